The van der Waals surface area contributed by atoms with E-state index in [1.165, 1.54) is 0 Å². The third kappa shape index (κ3) is 2.87. The number of aryl methyl sites for hydroxylation is 1. The van der Waals surface area contributed by atoms with Gasteiger partial charge in [0.2, 0.25) is 0 Å². The standard InChI is InChI=1S/C16H21NO2/c1-4-14-12(2)6-5-7-15(14)16(18)17-10-8-13(19-3)9-11-17/h4-7,13H,1,8-11H2,2-3H3. The Morgan fingerprint density at radius 3 is 2.68 bits per heavy atom. The van der Waals surface area contributed by atoms with Crippen molar-refractivity contribution in [1.29, 1.82) is 0 Å². The van der Waals surface area contributed by atoms with Crippen LogP contribution in [0.4, 0.5) is 0 Å². The second-order valence-corrected chi connectivity index (χ2v) is 4.97. The molecule has 1 aromatic rings. The maximum Gasteiger partial charge on any atom is 0.254 e. The van der Waals surface area contributed by atoms with Crippen LogP contribution in [-0.4, -0.2) is 37.1 Å². The van der Waals surface area contributed by atoms with Gasteiger partial charge in [-0.05, 0) is 37.0 Å². The smallest absolute Gasteiger partial charge is 0.254 e. The minimum atomic E-state index is 0.105. The van der Waals surface area contributed by atoms with E-state index >= 15 is 0 Å². The van der Waals surface area contributed by atoms with E-state index in [2.05, 4.69) is 6.58 Å². The number of carbonyl (C=O) groups is 1. The number of amides is 1. The zero-order valence-electron chi connectivity index (χ0n) is 11.7. The Balaban J connectivity index is 2.17. The minimum Gasteiger partial charge on any atom is -0.381 e. The molecule has 1 amide bonds. The summed E-state index contributed by atoms with van der Waals surface area (Å²) in [5, 5.41) is 0. The molecule has 3 heteroatoms. The van der Waals surface area contributed by atoms with E-state index < -0.39 is 0 Å². The van der Waals surface area contributed by atoms with Gasteiger partial charge in [-0.25, -0.2) is 0 Å². The molecule has 2 rings (SSSR count). The molecule has 0 unspecified atom stereocenters. The highest BCUT2D eigenvalue weighted by Crippen LogP contribution is 2.20. The molecule has 102 valence electrons. The second-order valence-electron chi connectivity index (χ2n) is 4.97. The molecule has 19 heavy (non-hydrogen) atoms. The number of methoxy groups -OCH3 is 1. The van der Waals surface area contributed by atoms with Gasteiger partial charge in [0, 0.05) is 25.8 Å². The molecule has 3 nitrogen and oxygen atoms in total. The molecule has 1 fully saturated rings. The van der Waals surface area contributed by atoms with Crippen LogP contribution in [0, 0.1) is 6.92 Å². The molecule has 0 spiro atoms. The summed E-state index contributed by atoms with van der Waals surface area (Å²) in [5.74, 6) is 0.105. The van der Waals surface area contributed by atoms with Gasteiger partial charge in [-0.1, -0.05) is 24.8 Å². The fourth-order valence-corrected chi connectivity index (χ4v) is 2.60. The average molecular weight is 259 g/mol. The summed E-state index contributed by atoms with van der Waals surface area (Å²) in [7, 11) is 1.73. The molecule has 1 heterocycles. The molecule has 0 bridgehead atoms. The summed E-state index contributed by atoms with van der Waals surface area (Å²) in [6.07, 6.45) is 3.89. The van der Waals surface area contributed by atoms with E-state index in [1.807, 2.05) is 30.0 Å². The summed E-state index contributed by atoms with van der Waals surface area (Å²) in [6, 6.07) is 5.82. The lowest BCUT2D eigenvalue weighted by Crippen LogP contribution is -2.40. The van der Waals surface area contributed by atoms with Crippen LogP contribution in [0.5, 0.6) is 0 Å². The average Bonchev–Trinajstić information content (AvgIpc) is 2.46. The Bertz CT molecular complexity index is 474. The molecule has 0 radical (unpaired) electrons. The lowest BCUT2D eigenvalue weighted by atomic mass is 9.99. The van der Waals surface area contributed by atoms with Crippen molar-refractivity contribution in [2.75, 3.05) is 20.2 Å². The van der Waals surface area contributed by atoms with Gasteiger partial charge >= 0.3 is 0 Å². The first kappa shape index (κ1) is 13.8. The van der Waals surface area contributed by atoms with Crippen molar-refractivity contribution < 1.29 is 9.53 Å². The van der Waals surface area contributed by atoms with Crippen LogP contribution in [0.15, 0.2) is 24.8 Å². The van der Waals surface area contributed by atoms with E-state index in [9.17, 15) is 4.79 Å². The van der Waals surface area contributed by atoms with Crippen molar-refractivity contribution in [3.05, 3.63) is 41.5 Å². The fourth-order valence-electron chi connectivity index (χ4n) is 2.60. The predicted octanol–water partition coefficient (Wildman–Crippen LogP) is 2.89. The molecule has 1 saturated heterocycles. The Hall–Kier alpha value is -1.61. The van der Waals surface area contributed by atoms with Crippen LogP contribution in [0.1, 0.15) is 34.3 Å². The van der Waals surface area contributed by atoms with Crippen molar-refractivity contribution in [3.63, 3.8) is 0 Å². The lowest BCUT2D eigenvalue weighted by Gasteiger charge is -2.31. The zero-order valence-corrected chi connectivity index (χ0v) is 11.7. The summed E-state index contributed by atoms with van der Waals surface area (Å²) in [4.78, 5) is 14.5. The second kappa shape index (κ2) is 6.02. The van der Waals surface area contributed by atoms with Gasteiger partial charge in [-0.3, -0.25) is 4.79 Å². The number of hydrogen-bond acceptors (Lipinski definition) is 2. The first-order valence-corrected chi connectivity index (χ1v) is 6.71. The molecule has 0 atom stereocenters. The molecule has 1 aromatic carbocycles. The van der Waals surface area contributed by atoms with E-state index in [-0.39, 0.29) is 5.91 Å². The van der Waals surface area contributed by atoms with Crippen molar-refractivity contribution in [2.45, 2.75) is 25.9 Å². The van der Waals surface area contributed by atoms with Crippen LogP contribution in [0.25, 0.3) is 6.08 Å². The number of carbonyl (C=O) groups excluding carboxylic acids is 1. The predicted molar refractivity (Wildman–Crippen MR) is 77.2 cm³/mol. The molecule has 1 aliphatic rings. The topological polar surface area (TPSA) is 29.5 Å². The number of piperidine rings is 1. The Morgan fingerprint density at radius 1 is 1.42 bits per heavy atom. The van der Waals surface area contributed by atoms with Gasteiger partial charge in [-0.2, -0.15) is 0 Å². The quantitative estimate of drug-likeness (QED) is 0.835. The maximum atomic E-state index is 12.6. The number of hydrogen-bond donors (Lipinski definition) is 0. The Labute approximate surface area is 114 Å². The van der Waals surface area contributed by atoms with Crippen LogP contribution in [0.2, 0.25) is 0 Å². The number of rotatable bonds is 3. The first-order chi connectivity index (χ1) is 9.17. The zero-order chi connectivity index (χ0) is 13.8. The highest BCUT2D eigenvalue weighted by Gasteiger charge is 2.24. The van der Waals surface area contributed by atoms with Crippen molar-refractivity contribution in [3.8, 4) is 0 Å². The highest BCUT2D eigenvalue weighted by atomic mass is 16.5. The van der Waals surface area contributed by atoms with Crippen molar-refractivity contribution in [2.24, 2.45) is 0 Å². The van der Waals surface area contributed by atoms with Crippen LogP contribution in [0.3, 0.4) is 0 Å². The molecular weight excluding hydrogens is 238 g/mol. The largest absolute Gasteiger partial charge is 0.381 e. The molecule has 0 aliphatic carbocycles. The van der Waals surface area contributed by atoms with E-state index in [4.69, 9.17) is 4.74 Å². The van der Waals surface area contributed by atoms with E-state index in [0.29, 0.717) is 6.10 Å². The molecule has 0 aromatic heterocycles. The number of likely N-dealkylation sites (tertiary alicyclic amines) is 1. The van der Waals surface area contributed by atoms with E-state index in [0.717, 1.165) is 42.6 Å². The lowest BCUT2D eigenvalue weighted by molar-refractivity contribution is 0.0350. The normalized spacial score (nSPS) is 16.4. The van der Waals surface area contributed by atoms with E-state index in [1.54, 1.807) is 13.2 Å². The maximum absolute atomic E-state index is 12.6. The third-order valence-electron chi connectivity index (χ3n) is 3.82. The summed E-state index contributed by atoms with van der Waals surface area (Å²) in [6.45, 7) is 7.35. The van der Waals surface area contributed by atoms with Crippen molar-refractivity contribution in [1.82, 2.24) is 4.90 Å². The molecule has 0 saturated carbocycles. The molecule has 0 N–H and O–H groups in total. The minimum absolute atomic E-state index is 0.105. The summed E-state index contributed by atoms with van der Waals surface area (Å²) in [5.41, 5.74) is 2.79. The summed E-state index contributed by atoms with van der Waals surface area (Å²) < 4.78 is 5.33. The number of benzene rings is 1. The third-order valence-corrected chi connectivity index (χ3v) is 3.82. The Kier molecular flexibility index (Phi) is 4.38. The molecular formula is C16H21NO2. The summed E-state index contributed by atoms with van der Waals surface area (Å²) >= 11 is 0. The SMILES string of the molecule is C=Cc1c(C)cccc1C(=O)N1CCC(OC)CC1. The monoisotopic (exact) mass is 259 g/mol. The van der Waals surface area contributed by atoms with Crippen LogP contribution >= 0.6 is 0 Å². The van der Waals surface area contributed by atoms with Crippen molar-refractivity contribution >= 4 is 12.0 Å². The number of nitrogens with zero attached hydrogens (tertiary/aromatic N) is 1. The first-order valence-electron chi connectivity index (χ1n) is 6.71. The van der Waals surface area contributed by atoms with Crippen LogP contribution in [-0.2, 0) is 4.74 Å². The number of ether oxygens (including phenoxy) is 1. The van der Waals surface area contributed by atoms with Gasteiger partial charge < -0.3 is 9.64 Å². The van der Waals surface area contributed by atoms with Gasteiger partial charge in [0.15, 0.2) is 0 Å². The highest BCUT2D eigenvalue weighted by molar-refractivity contribution is 5.98. The van der Waals surface area contributed by atoms with Crippen LogP contribution < -0.4 is 0 Å². The Morgan fingerprint density at radius 2 is 2.11 bits per heavy atom. The fraction of sp³-hybridized carbons (Fsp3) is 0.438. The van der Waals surface area contributed by atoms with Gasteiger partial charge in [0.05, 0.1) is 6.10 Å². The van der Waals surface area contributed by atoms with Gasteiger partial charge in [0.25, 0.3) is 5.91 Å². The van der Waals surface area contributed by atoms with Gasteiger partial charge in [-0.15, -0.1) is 0 Å². The van der Waals surface area contributed by atoms with Gasteiger partial charge in [0.1, 0.15) is 0 Å². The molecule has 1 aliphatic heterocycles.